The topological polar surface area (TPSA) is 68.2 Å². The zero-order chi connectivity index (χ0) is 25.2. The van der Waals surface area contributed by atoms with Crippen molar-refractivity contribution in [2.75, 3.05) is 26.8 Å². The number of hydrogen-bond donors (Lipinski definition) is 1. The number of ether oxygens (including phenoxy) is 3. The van der Waals surface area contributed by atoms with E-state index in [-0.39, 0.29) is 18.6 Å². The van der Waals surface area contributed by atoms with Gasteiger partial charge in [-0.1, -0.05) is 55.0 Å². The molecule has 4 rings (SSSR count). The third-order valence-electron chi connectivity index (χ3n) is 7.27. The lowest BCUT2D eigenvalue weighted by Crippen LogP contribution is -2.47. The maximum absolute atomic E-state index is 10.7. The summed E-state index contributed by atoms with van der Waals surface area (Å²) < 4.78 is 18.1. The second-order valence-electron chi connectivity index (χ2n) is 9.72. The summed E-state index contributed by atoms with van der Waals surface area (Å²) in [7, 11) is 1.68. The lowest BCUT2D eigenvalue weighted by atomic mass is 10.0. The maximum atomic E-state index is 10.7. The minimum absolute atomic E-state index is 0.0331. The molecule has 1 aliphatic heterocycles. The molecule has 2 aliphatic rings. The number of likely N-dealkylation sites (tertiary alicyclic amines) is 1. The molecule has 1 heterocycles. The fourth-order valence-corrected chi connectivity index (χ4v) is 5.29. The second kappa shape index (κ2) is 13.6. The summed E-state index contributed by atoms with van der Waals surface area (Å²) in [6, 6.07) is 17.0. The molecule has 0 aromatic heterocycles. The molecule has 0 radical (unpaired) electrons. The largest absolute Gasteiger partial charge is 0.497 e. The van der Waals surface area contributed by atoms with E-state index in [0.29, 0.717) is 25.7 Å². The Morgan fingerprint density at radius 3 is 2.31 bits per heavy atom. The highest BCUT2D eigenvalue weighted by Crippen LogP contribution is 2.32. The van der Waals surface area contributed by atoms with E-state index in [2.05, 4.69) is 41.3 Å². The monoisotopic (exact) mass is 493 g/mol. The number of piperidine rings is 1. The quantitative estimate of drug-likeness (QED) is 0.383. The first-order chi connectivity index (χ1) is 17.6. The maximum Gasteiger partial charge on any atom is 0.303 e. The van der Waals surface area contributed by atoms with Crippen LogP contribution < -0.4 is 4.74 Å². The average Bonchev–Trinajstić information content (AvgIpc) is 3.32. The van der Waals surface area contributed by atoms with Crippen molar-refractivity contribution in [1.29, 1.82) is 0 Å². The Morgan fingerprint density at radius 1 is 0.944 bits per heavy atom. The molecule has 36 heavy (non-hydrogen) atoms. The third kappa shape index (κ3) is 7.42. The van der Waals surface area contributed by atoms with Crippen molar-refractivity contribution in [3.05, 3.63) is 66.2 Å². The predicted molar refractivity (Wildman–Crippen MR) is 141 cm³/mol. The Morgan fingerprint density at radius 2 is 1.64 bits per heavy atom. The van der Waals surface area contributed by atoms with Crippen molar-refractivity contribution in [1.82, 2.24) is 4.90 Å². The van der Waals surface area contributed by atoms with Gasteiger partial charge < -0.3 is 19.3 Å². The zero-order valence-electron chi connectivity index (χ0n) is 21.3. The number of aliphatic carboxylic acids is 1. The Kier molecular flexibility index (Phi) is 9.96. The van der Waals surface area contributed by atoms with Crippen LogP contribution in [0.25, 0.3) is 11.1 Å². The molecule has 1 saturated heterocycles. The average molecular weight is 494 g/mol. The molecule has 194 valence electrons. The molecule has 1 saturated carbocycles. The highest BCUT2D eigenvalue weighted by atomic mass is 16.5. The predicted octanol–water partition coefficient (Wildman–Crippen LogP) is 5.70. The fraction of sp³-hybridized carbons (Fsp3) is 0.500. The standard InChI is InChI=1S/C30H39NO5/c1-34-26-15-13-25(14-16-26)24-11-9-23(10-12-24)22-36-28-18-17-27(31-19-5-3-6-20-31)30(28)35-21-7-2-4-8-29(32)33/h2,7,9-16,27-28,30H,3-6,8,17-22H2,1H3,(H,32,33)/b7-2-/t27-,28-,30+/m0/s1. The Hall–Kier alpha value is -2.67. The summed E-state index contributed by atoms with van der Waals surface area (Å²) in [6.07, 6.45) is 10.5. The van der Waals surface area contributed by atoms with Gasteiger partial charge in [0.15, 0.2) is 0 Å². The van der Waals surface area contributed by atoms with Gasteiger partial charge in [0.05, 0.1) is 32.5 Å². The van der Waals surface area contributed by atoms with Crippen LogP contribution in [0.5, 0.6) is 5.75 Å². The molecule has 2 aromatic rings. The van der Waals surface area contributed by atoms with Gasteiger partial charge >= 0.3 is 5.97 Å². The van der Waals surface area contributed by atoms with Crippen LogP contribution >= 0.6 is 0 Å². The molecule has 1 aliphatic carbocycles. The molecule has 1 N–H and O–H groups in total. The van der Waals surface area contributed by atoms with E-state index in [1.807, 2.05) is 24.3 Å². The van der Waals surface area contributed by atoms with E-state index >= 15 is 0 Å². The molecule has 2 fully saturated rings. The fourth-order valence-electron chi connectivity index (χ4n) is 5.29. The van der Waals surface area contributed by atoms with E-state index in [9.17, 15) is 4.79 Å². The number of rotatable bonds is 12. The highest BCUT2D eigenvalue weighted by Gasteiger charge is 2.41. The summed E-state index contributed by atoms with van der Waals surface area (Å²) in [5, 5.41) is 8.81. The molecule has 0 spiro atoms. The van der Waals surface area contributed by atoms with Crippen molar-refractivity contribution in [2.45, 2.75) is 69.8 Å². The number of benzene rings is 2. The first kappa shape index (κ1) is 26.4. The van der Waals surface area contributed by atoms with Gasteiger partial charge in [0.2, 0.25) is 0 Å². The zero-order valence-corrected chi connectivity index (χ0v) is 21.3. The van der Waals surface area contributed by atoms with E-state index in [0.717, 1.165) is 42.8 Å². The van der Waals surface area contributed by atoms with Gasteiger partial charge in [0, 0.05) is 12.5 Å². The molecule has 0 bridgehead atoms. The number of nitrogens with zero attached hydrogens (tertiary/aromatic N) is 1. The second-order valence-corrected chi connectivity index (χ2v) is 9.72. The van der Waals surface area contributed by atoms with Crippen molar-refractivity contribution in [3.63, 3.8) is 0 Å². The van der Waals surface area contributed by atoms with E-state index in [1.54, 1.807) is 7.11 Å². The van der Waals surface area contributed by atoms with E-state index in [4.69, 9.17) is 19.3 Å². The normalized spacial score (nSPS) is 22.8. The number of carboxylic acid groups (broad SMARTS) is 1. The Bertz CT molecular complexity index is 966. The summed E-state index contributed by atoms with van der Waals surface area (Å²) in [6.45, 7) is 3.33. The SMILES string of the molecule is COc1ccc(-c2ccc(CO[C@H]3CC[C@H](N4CCCCC4)[C@H]3OC/C=C\CCC(=O)O)cc2)cc1. The summed E-state index contributed by atoms with van der Waals surface area (Å²) in [4.78, 5) is 13.3. The van der Waals surface area contributed by atoms with Crippen molar-refractivity contribution in [2.24, 2.45) is 0 Å². The molecular weight excluding hydrogens is 454 g/mol. The molecule has 6 heteroatoms. The van der Waals surface area contributed by atoms with Crippen LogP contribution in [-0.2, 0) is 20.9 Å². The van der Waals surface area contributed by atoms with Crippen molar-refractivity contribution >= 4 is 5.97 Å². The molecule has 3 atom stereocenters. The highest BCUT2D eigenvalue weighted by molar-refractivity contribution is 5.66. The van der Waals surface area contributed by atoms with E-state index < -0.39 is 5.97 Å². The van der Waals surface area contributed by atoms with Gasteiger partial charge in [-0.25, -0.2) is 0 Å². The molecular formula is C30H39NO5. The molecule has 0 amide bonds. The van der Waals surface area contributed by atoms with Crippen LogP contribution in [0.3, 0.4) is 0 Å². The number of allylic oxidation sites excluding steroid dienone is 1. The first-order valence-electron chi connectivity index (χ1n) is 13.2. The summed E-state index contributed by atoms with van der Waals surface area (Å²) >= 11 is 0. The molecule has 2 aromatic carbocycles. The first-order valence-corrected chi connectivity index (χ1v) is 13.2. The Balaban J connectivity index is 1.34. The van der Waals surface area contributed by atoms with Crippen LogP contribution in [-0.4, -0.2) is 61.0 Å². The number of carboxylic acids is 1. The number of methoxy groups -OCH3 is 1. The minimum atomic E-state index is -0.771. The van der Waals surface area contributed by atoms with Crippen LogP contribution in [0, 0.1) is 0 Å². The molecule has 6 nitrogen and oxygen atoms in total. The number of carbonyl (C=O) groups is 1. The van der Waals surface area contributed by atoms with Gasteiger partial charge in [-0.2, -0.15) is 0 Å². The van der Waals surface area contributed by atoms with Gasteiger partial charge in [0.25, 0.3) is 0 Å². The lowest BCUT2D eigenvalue weighted by Gasteiger charge is -2.36. The summed E-state index contributed by atoms with van der Waals surface area (Å²) in [5.41, 5.74) is 3.48. The van der Waals surface area contributed by atoms with Crippen LogP contribution in [0.1, 0.15) is 50.5 Å². The van der Waals surface area contributed by atoms with Crippen LogP contribution in [0.15, 0.2) is 60.7 Å². The lowest BCUT2D eigenvalue weighted by molar-refractivity contribution is -0.136. The summed E-state index contributed by atoms with van der Waals surface area (Å²) in [5.74, 6) is 0.0859. The van der Waals surface area contributed by atoms with Crippen LogP contribution in [0.4, 0.5) is 0 Å². The van der Waals surface area contributed by atoms with Gasteiger partial charge in [-0.05, 0) is 74.0 Å². The van der Waals surface area contributed by atoms with Crippen LogP contribution in [0.2, 0.25) is 0 Å². The van der Waals surface area contributed by atoms with Crippen molar-refractivity contribution < 1.29 is 24.1 Å². The smallest absolute Gasteiger partial charge is 0.303 e. The van der Waals surface area contributed by atoms with E-state index in [1.165, 1.54) is 24.8 Å². The number of hydrogen-bond acceptors (Lipinski definition) is 5. The third-order valence-corrected chi connectivity index (χ3v) is 7.27. The Labute approximate surface area is 214 Å². The van der Waals surface area contributed by atoms with Gasteiger partial charge in [-0.15, -0.1) is 0 Å². The van der Waals surface area contributed by atoms with Gasteiger partial charge in [0.1, 0.15) is 5.75 Å². The van der Waals surface area contributed by atoms with Crippen molar-refractivity contribution in [3.8, 4) is 16.9 Å². The minimum Gasteiger partial charge on any atom is -0.497 e. The molecule has 0 unspecified atom stereocenters. The van der Waals surface area contributed by atoms with Gasteiger partial charge in [-0.3, -0.25) is 9.69 Å².